The average Bonchev–Trinajstić information content (AvgIpc) is 1.60. The first kappa shape index (κ1) is 9.27. The zero-order valence-electron chi connectivity index (χ0n) is 6.97. The highest BCUT2D eigenvalue weighted by atomic mass is 16.6. The van der Waals surface area contributed by atoms with Crippen molar-refractivity contribution < 1.29 is 9.53 Å². The predicted molar refractivity (Wildman–Crippen MR) is 39.6 cm³/mol. The Bertz CT molecular complexity index is 126. The summed E-state index contributed by atoms with van der Waals surface area (Å²) >= 11 is 0. The summed E-state index contributed by atoms with van der Waals surface area (Å²) in [7, 11) is 0. The predicted octanol–water partition coefficient (Wildman–Crippen LogP) is 1.52. The van der Waals surface area contributed by atoms with Crippen LogP contribution in [0.15, 0.2) is 0 Å². The van der Waals surface area contributed by atoms with Gasteiger partial charge in [0.2, 0.25) is 0 Å². The first-order valence-corrected chi connectivity index (χ1v) is 3.30. The van der Waals surface area contributed by atoms with Crippen molar-refractivity contribution in [1.82, 2.24) is 0 Å². The number of primary amides is 1. The fraction of sp³-hybridized carbons (Fsp3) is 0.857. The first-order valence-electron chi connectivity index (χ1n) is 3.30. The van der Waals surface area contributed by atoms with E-state index < -0.39 is 6.09 Å². The standard InChI is InChI=1S/C7H15NO2/c1-5(7(2,3)4)10-6(8)9/h5H,1-4H3,(H2,8,9). The van der Waals surface area contributed by atoms with Gasteiger partial charge in [0.05, 0.1) is 0 Å². The Labute approximate surface area is 61.5 Å². The normalized spacial score (nSPS) is 14.4. The van der Waals surface area contributed by atoms with Crippen LogP contribution in [0.25, 0.3) is 0 Å². The van der Waals surface area contributed by atoms with Crippen LogP contribution >= 0.6 is 0 Å². The molecule has 0 aliphatic carbocycles. The van der Waals surface area contributed by atoms with Crippen LogP contribution in [-0.4, -0.2) is 12.2 Å². The molecule has 3 nitrogen and oxygen atoms in total. The number of rotatable bonds is 1. The number of nitrogens with two attached hydrogens (primary N) is 1. The molecule has 10 heavy (non-hydrogen) atoms. The fourth-order valence-corrected chi connectivity index (χ4v) is 0.351. The molecule has 0 heterocycles. The second kappa shape index (κ2) is 2.90. The summed E-state index contributed by atoms with van der Waals surface area (Å²) in [4.78, 5) is 10.3. The van der Waals surface area contributed by atoms with E-state index in [1.54, 1.807) is 0 Å². The topological polar surface area (TPSA) is 52.3 Å². The summed E-state index contributed by atoms with van der Waals surface area (Å²) < 4.78 is 4.75. The molecule has 0 aromatic carbocycles. The van der Waals surface area contributed by atoms with Crippen molar-refractivity contribution in [3.8, 4) is 0 Å². The highest BCUT2D eigenvalue weighted by molar-refractivity contribution is 5.64. The number of carbonyl (C=O) groups excluding carboxylic acids is 1. The van der Waals surface area contributed by atoms with Crippen LogP contribution in [-0.2, 0) is 4.74 Å². The minimum atomic E-state index is -0.706. The number of carbonyl (C=O) groups is 1. The van der Waals surface area contributed by atoms with Crippen molar-refractivity contribution in [2.24, 2.45) is 11.1 Å². The van der Waals surface area contributed by atoms with Crippen molar-refractivity contribution >= 4 is 6.09 Å². The van der Waals surface area contributed by atoms with Gasteiger partial charge in [0.25, 0.3) is 0 Å². The Morgan fingerprint density at radius 2 is 1.90 bits per heavy atom. The quantitative estimate of drug-likeness (QED) is 0.608. The molecular weight excluding hydrogens is 130 g/mol. The van der Waals surface area contributed by atoms with Crippen LogP contribution in [0.5, 0.6) is 0 Å². The first-order chi connectivity index (χ1) is 4.34. The molecule has 0 radical (unpaired) electrons. The summed E-state index contributed by atoms with van der Waals surface area (Å²) in [5.74, 6) is 0. The van der Waals surface area contributed by atoms with Crippen LogP contribution in [0.4, 0.5) is 4.79 Å². The molecule has 1 atom stereocenters. The Hall–Kier alpha value is -0.730. The van der Waals surface area contributed by atoms with Crippen molar-refractivity contribution in [3.05, 3.63) is 0 Å². The van der Waals surface area contributed by atoms with Crippen LogP contribution in [0.2, 0.25) is 0 Å². The molecule has 0 aromatic rings. The van der Waals surface area contributed by atoms with Gasteiger partial charge in [-0.1, -0.05) is 20.8 Å². The van der Waals surface area contributed by atoms with E-state index in [-0.39, 0.29) is 11.5 Å². The summed E-state index contributed by atoms with van der Waals surface area (Å²) in [6, 6.07) is 0. The van der Waals surface area contributed by atoms with E-state index in [9.17, 15) is 4.79 Å². The van der Waals surface area contributed by atoms with Gasteiger partial charge in [0.15, 0.2) is 0 Å². The lowest BCUT2D eigenvalue weighted by Crippen LogP contribution is -2.30. The Morgan fingerprint density at radius 1 is 1.50 bits per heavy atom. The Morgan fingerprint density at radius 3 is 2.00 bits per heavy atom. The Balaban J connectivity index is 3.85. The molecule has 0 bridgehead atoms. The van der Waals surface area contributed by atoms with E-state index >= 15 is 0 Å². The molecule has 0 rings (SSSR count). The number of amides is 1. The molecule has 3 heteroatoms. The van der Waals surface area contributed by atoms with E-state index in [4.69, 9.17) is 10.5 Å². The van der Waals surface area contributed by atoms with E-state index in [0.717, 1.165) is 0 Å². The van der Waals surface area contributed by atoms with Crippen LogP contribution in [0, 0.1) is 5.41 Å². The molecule has 60 valence electrons. The van der Waals surface area contributed by atoms with Crippen LogP contribution in [0.3, 0.4) is 0 Å². The highest BCUT2D eigenvalue weighted by Gasteiger charge is 2.22. The molecular formula is C7H15NO2. The van der Waals surface area contributed by atoms with Gasteiger partial charge < -0.3 is 10.5 Å². The molecule has 1 amide bonds. The number of hydrogen-bond acceptors (Lipinski definition) is 2. The second-order valence-corrected chi connectivity index (χ2v) is 3.45. The number of ether oxygens (including phenoxy) is 1. The van der Waals surface area contributed by atoms with Crippen molar-refractivity contribution in [1.29, 1.82) is 0 Å². The highest BCUT2D eigenvalue weighted by Crippen LogP contribution is 2.21. The lowest BCUT2D eigenvalue weighted by Gasteiger charge is -2.25. The zero-order valence-corrected chi connectivity index (χ0v) is 6.97. The molecule has 0 spiro atoms. The molecule has 0 saturated heterocycles. The van der Waals surface area contributed by atoms with Crippen molar-refractivity contribution in [3.63, 3.8) is 0 Å². The molecule has 0 aliphatic rings. The van der Waals surface area contributed by atoms with E-state index in [2.05, 4.69) is 0 Å². The fourth-order valence-electron chi connectivity index (χ4n) is 0.351. The summed E-state index contributed by atoms with van der Waals surface area (Å²) in [5.41, 5.74) is 4.80. The third kappa shape index (κ3) is 3.33. The molecule has 0 saturated carbocycles. The molecule has 0 fully saturated rings. The third-order valence-electron chi connectivity index (χ3n) is 1.51. The van der Waals surface area contributed by atoms with E-state index in [0.29, 0.717) is 0 Å². The molecule has 1 unspecified atom stereocenters. The SMILES string of the molecule is CC(OC(N)=O)C(C)(C)C. The van der Waals surface area contributed by atoms with Gasteiger partial charge in [-0.3, -0.25) is 0 Å². The van der Waals surface area contributed by atoms with Gasteiger partial charge in [-0.2, -0.15) is 0 Å². The lowest BCUT2D eigenvalue weighted by atomic mass is 9.90. The van der Waals surface area contributed by atoms with Gasteiger partial charge in [-0.15, -0.1) is 0 Å². The monoisotopic (exact) mass is 145 g/mol. The molecule has 0 aromatic heterocycles. The maximum Gasteiger partial charge on any atom is 0.404 e. The van der Waals surface area contributed by atoms with Gasteiger partial charge in [-0.05, 0) is 12.3 Å². The largest absolute Gasteiger partial charge is 0.446 e. The van der Waals surface area contributed by atoms with Crippen LogP contribution in [0.1, 0.15) is 27.7 Å². The van der Waals surface area contributed by atoms with Crippen LogP contribution < -0.4 is 5.73 Å². The second-order valence-electron chi connectivity index (χ2n) is 3.45. The maximum absolute atomic E-state index is 10.3. The van der Waals surface area contributed by atoms with Crippen molar-refractivity contribution in [2.75, 3.05) is 0 Å². The lowest BCUT2D eigenvalue weighted by molar-refractivity contribution is 0.0498. The van der Waals surface area contributed by atoms with Gasteiger partial charge in [0, 0.05) is 0 Å². The molecule has 2 N–H and O–H groups in total. The summed E-state index contributed by atoms with van der Waals surface area (Å²) in [6.45, 7) is 7.78. The molecule has 0 aliphatic heterocycles. The smallest absolute Gasteiger partial charge is 0.404 e. The average molecular weight is 145 g/mol. The maximum atomic E-state index is 10.3. The van der Waals surface area contributed by atoms with Gasteiger partial charge >= 0.3 is 6.09 Å². The minimum Gasteiger partial charge on any atom is -0.446 e. The zero-order chi connectivity index (χ0) is 8.36. The van der Waals surface area contributed by atoms with Gasteiger partial charge in [-0.25, -0.2) is 4.79 Å². The summed E-state index contributed by atoms with van der Waals surface area (Å²) in [5, 5.41) is 0. The van der Waals surface area contributed by atoms with Gasteiger partial charge in [0.1, 0.15) is 6.10 Å². The van der Waals surface area contributed by atoms with Crippen molar-refractivity contribution in [2.45, 2.75) is 33.8 Å². The van der Waals surface area contributed by atoms with E-state index in [1.165, 1.54) is 0 Å². The summed E-state index contributed by atoms with van der Waals surface area (Å²) in [6.07, 6.45) is -0.840. The third-order valence-corrected chi connectivity index (χ3v) is 1.51. The Kier molecular flexibility index (Phi) is 2.69. The van der Waals surface area contributed by atoms with E-state index in [1.807, 2.05) is 27.7 Å². The number of hydrogen-bond donors (Lipinski definition) is 1. The minimum absolute atomic E-state index is 0.0327.